The minimum absolute atomic E-state index is 0.281. The fourth-order valence-electron chi connectivity index (χ4n) is 2.86. The van der Waals surface area contributed by atoms with Crippen molar-refractivity contribution in [2.45, 2.75) is 60.0 Å². The molecule has 19 heavy (non-hydrogen) atoms. The van der Waals surface area contributed by atoms with Gasteiger partial charge in [0.2, 0.25) is 0 Å². The van der Waals surface area contributed by atoms with E-state index in [1.807, 2.05) is 13.8 Å². The summed E-state index contributed by atoms with van der Waals surface area (Å²) in [5, 5.41) is 13.5. The Bertz CT molecular complexity index is 235. The number of rotatable bonds is 10. The lowest BCUT2D eigenvalue weighted by Crippen LogP contribution is -2.45. The summed E-state index contributed by atoms with van der Waals surface area (Å²) in [5.74, 6) is 0.694. The molecule has 0 aromatic heterocycles. The summed E-state index contributed by atoms with van der Waals surface area (Å²) in [6.45, 7) is 16.7. The fraction of sp³-hybridized carbons (Fsp3) is 1.00. The van der Waals surface area contributed by atoms with Crippen LogP contribution in [-0.2, 0) is 0 Å². The lowest BCUT2D eigenvalue weighted by atomic mass is 9.84. The van der Waals surface area contributed by atoms with Gasteiger partial charge < -0.3 is 15.3 Å². The second kappa shape index (κ2) is 8.23. The minimum Gasteiger partial charge on any atom is -0.389 e. The molecule has 1 atom stereocenters. The van der Waals surface area contributed by atoms with Gasteiger partial charge in [0, 0.05) is 19.6 Å². The van der Waals surface area contributed by atoms with Gasteiger partial charge in [-0.2, -0.15) is 0 Å². The molecule has 0 saturated carbocycles. The Labute approximate surface area is 120 Å². The molecule has 0 radical (unpaired) electrons. The van der Waals surface area contributed by atoms with E-state index in [-0.39, 0.29) is 5.41 Å². The first-order chi connectivity index (χ1) is 8.58. The summed E-state index contributed by atoms with van der Waals surface area (Å²) >= 11 is 0. The van der Waals surface area contributed by atoms with Gasteiger partial charge in [0.1, 0.15) is 0 Å². The SMILES string of the molecule is CCCC(C)(CNCC(C)C)CN(C)CC(C)(C)O. The van der Waals surface area contributed by atoms with Gasteiger partial charge in [0.15, 0.2) is 0 Å². The number of aliphatic hydroxyl groups is 1. The molecular formula is C16H36N2O. The first-order valence-electron chi connectivity index (χ1n) is 7.69. The topological polar surface area (TPSA) is 35.5 Å². The maximum Gasteiger partial charge on any atom is 0.0718 e. The zero-order chi connectivity index (χ0) is 15.1. The zero-order valence-corrected chi connectivity index (χ0v) is 14.2. The molecule has 0 aliphatic rings. The van der Waals surface area contributed by atoms with Gasteiger partial charge in [-0.25, -0.2) is 0 Å². The van der Waals surface area contributed by atoms with Crippen molar-refractivity contribution >= 4 is 0 Å². The average Bonchev–Trinajstić information content (AvgIpc) is 2.12. The normalized spacial score (nSPS) is 16.1. The number of hydrogen-bond donors (Lipinski definition) is 2. The van der Waals surface area contributed by atoms with Crippen LogP contribution in [0.1, 0.15) is 54.4 Å². The summed E-state index contributed by atoms with van der Waals surface area (Å²) in [6.07, 6.45) is 2.42. The van der Waals surface area contributed by atoms with Gasteiger partial charge in [-0.1, -0.05) is 34.1 Å². The second-order valence-electron chi connectivity index (χ2n) is 7.57. The highest BCUT2D eigenvalue weighted by atomic mass is 16.3. The predicted octanol–water partition coefficient (Wildman–Crippen LogP) is 2.74. The highest BCUT2D eigenvalue weighted by Crippen LogP contribution is 2.24. The van der Waals surface area contributed by atoms with Crippen molar-refractivity contribution in [3.63, 3.8) is 0 Å². The number of nitrogens with zero attached hydrogens (tertiary/aromatic N) is 1. The van der Waals surface area contributed by atoms with Crippen molar-refractivity contribution in [3.05, 3.63) is 0 Å². The highest BCUT2D eigenvalue weighted by molar-refractivity contribution is 4.82. The quantitative estimate of drug-likeness (QED) is 0.642. The zero-order valence-electron chi connectivity index (χ0n) is 14.2. The van der Waals surface area contributed by atoms with Crippen molar-refractivity contribution in [2.75, 3.05) is 33.2 Å². The largest absolute Gasteiger partial charge is 0.389 e. The van der Waals surface area contributed by atoms with Gasteiger partial charge in [0.05, 0.1) is 5.60 Å². The third-order valence-electron chi connectivity index (χ3n) is 3.27. The Hall–Kier alpha value is -0.120. The Morgan fingerprint density at radius 3 is 2.16 bits per heavy atom. The minimum atomic E-state index is -0.618. The molecule has 0 heterocycles. The van der Waals surface area contributed by atoms with E-state index in [1.54, 1.807) is 0 Å². The molecule has 3 nitrogen and oxygen atoms in total. The molecule has 0 aliphatic heterocycles. The van der Waals surface area contributed by atoms with E-state index < -0.39 is 5.60 Å². The van der Waals surface area contributed by atoms with Gasteiger partial charge in [-0.3, -0.25) is 0 Å². The van der Waals surface area contributed by atoms with Gasteiger partial charge in [0.25, 0.3) is 0 Å². The third kappa shape index (κ3) is 10.3. The van der Waals surface area contributed by atoms with Crippen molar-refractivity contribution in [2.24, 2.45) is 11.3 Å². The highest BCUT2D eigenvalue weighted by Gasteiger charge is 2.27. The summed E-state index contributed by atoms with van der Waals surface area (Å²) in [7, 11) is 2.11. The van der Waals surface area contributed by atoms with Crippen LogP contribution in [0.4, 0.5) is 0 Å². The van der Waals surface area contributed by atoms with Crippen LogP contribution >= 0.6 is 0 Å². The van der Waals surface area contributed by atoms with Crippen LogP contribution in [0.15, 0.2) is 0 Å². The van der Waals surface area contributed by atoms with Crippen molar-refractivity contribution in [1.29, 1.82) is 0 Å². The molecular weight excluding hydrogens is 236 g/mol. The Morgan fingerprint density at radius 2 is 1.74 bits per heavy atom. The van der Waals surface area contributed by atoms with Gasteiger partial charge >= 0.3 is 0 Å². The smallest absolute Gasteiger partial charge is 0.0718 e. The van der Waals surface area contributed by atoms with Crippen LogP contribution in [0.2, 0.25) is 0 Å². The summed E-state index contributed by atoms with van der Waals surface area (Å²) in [4.78, 5) is 2.26. The molecule has 0 rings (SSSR count). The maximum absolute atomic E-state index is 9.91. The molecule has 0 amide bonds. The second-order valence-corrected chi connectivity index (χ2v) is 7.57. The van der Waals surface area contributed by atoms with Crippen molar-refractivity contribution in [3.8, 4) is 0 Å². The molecule has 0 aromatic rings. The van der Waals surface area contributed by atoms with E-state index in [0.29, 0.717) is 5.92 Å². The van der Waals surface area contributed by atoms with Crippen LogP contribution in [0.25, 0.3) is 0 Å². The molecule has 0 aromatic carbocycles. The van der Waals surface area contributed by atoms with Crippen LogP contribution in [0, 0.1) is 11.3 Å². The van der Waals surface area contributed by atoms with Gasteiger partial charge in [-0.05, 0) is 45.2 Å². The van der Waals surface area contributed by atoms with Crippen LogP contribution in [0.3, 0.4) is 0 Å². The Morgan fingerprint density at radius 1 is 1.16 bits per heavy atom. The van der Waals surface area contributed by atoms with E-state index in [2.05, 4.69) is 45.0 Å². The number of likely N-dealkylation sites (N-methyl/N-ethyl adjacent to an activating group) is 1. The summed E-state index contributed by atoms with van der Waals surface area (Å²) in [6, 6.07) is 0. The first-order valence-corrected chi connectivity index (χ1v) is 7.69. The van der Waals surface area contributed by atoms with E-state index in [4.69, 9.17) is 0 Å². The monoisotopic (exact) mass is 272 g/mol. The third-order valence-corrected chi connectivity index (χ3v) is 3.27. The van der Waals surface area contributed by atoms with Crippen LogP contribution < -0.4 is 5.32 Å². The Balaban J connectivity index is 4.35. The number of nitrogens with one attached hydrogen (secondary N) is 1. The fourth-order valence-corrected chi connectivity index (χ4v) is 2.86. The molecule has 0 aliphatic carbocycles. The Kier molecular flexibility index (Phi) is 8.18. The molecule has 0 spiro atoms. The lowest BCUT2D eigenvalue weighted by Gasteiger charge is -2.36. The molecule has 0 bridgehead atoms. The molecule has 2 N–H and O–H groups in total. The number of hydrogen-bond acceptors (Lipinski definition) is 3. The lowest BCUT2D eigenvalue weighted by molar-refractivity contribution is 0.0308. The molecule has 3 heteroatoms. The average molecular weight is 272 g/mol. The van der Waals surface area contributed by atoms with E-state index in [0.717, 1.165) is 26.2 Å². The van der Waals surface area contributed by atoms with Gasteiger partial charge in [-0.15, -0.1) is 0 Å². The van der Waals surface area contributed by atoms with E-state index in [1.165, 1.54) is 12.8 Å². The standard InChI is InChI=1S/C16H36N2O/c1-8-9-16(6,11-17-10-14(2)3)13-18(7)12-15(4,5)19/h14,17,19H,8-13H2,1-7H3. The van der Waals surface area contributed by atoms with Crippen LogP contribution in [-0.4, -0.2) is 48.8 Å². The molecule has 116 valence electrons. The molecule has 0 fully saturated rings. The van der Waals surface area contributed by atoms with E-state index in [9.17, 15) is 5.11 Å². The summed E-state index contributed by atoms with van der Waals surface area (Å²) in [5.41, 5.74) is -0.336. The van der Waals surface area contributed by atoms with E-state index >= 15 is 0 Å². The summed E-state index contributed by atoms with van der Waals surface area (Å²) < 4.78 is 0. The van der Waals surface area contributed by atoms with Crippen LogP contribution in [0.5, 0.6) is 0 Å². The molecule has 0 saturated heterocycles. The van der Waals surface area contributed by atoms with Crippen molar-refractivity contribution in [1.82, 2.24) is 10.2 Å². The molecule has 1 unspecified atom stereocenters. The predicted molar refractivity (Wildman–Crippen MR) is 84.5 cm³/mol. The first kappa shape index (κ1) is 18.9. The maximum atomic E-state index is 9.91. The van der Waals surface area contributed by atoms with Crippen molar-refractivity contribution < 1.29 is 5.11 Å².